The van der Waals surface area contributed by atoms with Crippen LogP contribution in [0, 0.1) is 0 Å². The second-order valence-corrected chi connectivity index (χ2v) is 8.65. The number of sulfonamides is 1. The van der Waals surface area contributed by atoms with Crippen molar-refractivity contribution < 1.29 is 27.9 Å². The van der Waals surface area contributed by atoms with E-state index in [1.807, 2.05) is 0 Å². The van der Waals surface area contributed by atoms with Gasteiger partial charge in [-0.3, -0.25) is 9.59 Å². The molecule has 0 aliphatic heterocycles. The van der Waals surface area contributed by atoms with E-state index in [1.165, 1.54) is 24.3 Å². The number of amides is 1. The molecule has 2 rings (SSSR count). The van der Waals surface area contributed by atoms with Gasteiger partial charge in [-0.1, -0.05) is 32.0 Å². The van der Waals surface area contributed by atoms with Gasteiger partial charge in [0.05, 0.1) is 4.90 Å². The van der Waals surface area contributed by atoms with E-state index in [0.29, 0.717) is 17.9 Å². The van der Waals surface area contributed by atoms with Crippen LogP contribution in [0.5, 0.6) is 5.75 Å². The molecule has 0 saturated heterocycles. The Kier molecular flexibility index (Phi) is 9.63. The molecular formula is C22H29N3O6S. The number of aliphatic carboxylic acids is 1. The fourth-order valence-corrected chi connectivity index (χ4v) is 4.08. The zero-order chi connectivity index (χ0) is 23.6. The van der Waals surface area contributed by atoms with E-state index in [9.17, 15) is 23.1 Å². The summed E-state index contributed by atoms with van der Waals surface area (Å²) in [6, 6.07) is 12.3. The molecule has 0 bridgehead atoms. The molecule has 0 aromatic heterocycles. The Morgan fingerprint density at radius 2 is 1.66 bits per heavy atom. The maximum atomic E-state index is 12.4. The highest BCUT2D eigenvalue weighted by Gasteiger charge is 2.26. The molecule has 10 heteroatoms. The first kappa shape index (κ1) is 25.3. The van der Waals surface area contributed by atoms with Crippen LogP contribution < -0.4 is 14.8 Å². The topological polar surface area (TPSA) is 125 Å². The third-order valence-electron chi connectivity index (χ3n) is 4.80. The van der Waals surface area contributed by atoms with Crippen molar-refractivity contribution in [3.63, 3.8) is 0 Å². The maximum absolute atomic E-state index is 12.4. The second-order valence-electron chi connectivity index (χ2n) is 6.93. The summed E-state index contributed by atoms with van der Waals surface area (Å²) in [6.45, 7) is 6.95. The summed E-state index contributed by atoms with van der Waals surface area (Å²) >= 11 is 0. The maximum Gasteiger partial charge on any atom is 0.323 e. The first-order valence-corrected chi connectivity index (χ1v) is 11.8. The quantitative estimate of drug-likeness (QED) is 0.412. The summed E-state index contributed by atoms with van der Waals surface area (Å²) in [4.78, 5) is 26.0. The molecule has 32 heavy (non-hydrogen) atoms. The lowest BCUT2D eigenvalue weighted by atomic mass is 10.2. The molecule has 0 aliphatic rings. The first-order chi connectivity index (χ1) is 15.3. The molecule has 1 atom stereocenters. The molecular weight excluding hydrogens is 434 g/mol. The van der Waals surface area contributed by atoms with Crippen LogP contribution in [0.4, 0.5) is 0 Å². The number of ether oxygens (including phenoxy) is 1. The highest BCUT2D eigenvalue weighted by Crippen LogP contribution is 2.12. The van der Waals surface area contributed by atoms with Crippen molar-refractivity contribution in [2.24, 2.45) is 0 Å². The van der Waals surface area contributed by atoms with Crippen molar-refractivity contribution in [1.29, 1.82) is 0 Å². The summed E-state index contributed by atoms with van der Waals surface area (Å²) in [5.41, 5.74) is 0.302. The fraction of sp³-hybridized carbons (Fsp3) is 0.364. The Morgan fingerprint density at radius 3 is 2.22 bits per heavy atom. The summed E-state index contributed by atoms with van der Waals surface area (Å²) < 4.78 is 32.5. The zero-order valence-electron chi connectivity index (χ0n) is 18.2. The number of carboxylic acid groups (broad SMARTS) is 1. The monoisotopic (exact) mass is 463 g/mol. The van der Waals surface area contributed by atoms with Crippen LogP contribution in [0.3, 0.4) is 0 Å². The van der Waals surface area contributed by atoms with Crippen molar-refractivity contribution in [1.82, 2.24) is 14.9 Å². The first-order valence-electron chi connectivity index (χ1n) is 10.3. The Labute approximate surface area is 188 Å². The minimum Gasteiger partial charge on any atom is -0.492 e. The van der Waals surface area contributed by atoms with E-state index in [0.717, 1.165) is 19.6 Å². The van der Waals surface area contributed by atoms with Gasteiger partial charge < -0.3 is 20.1 Å². The van der Waals surface area contributed by atoms with E-state index in [4.69, 9.17) is 4.74 Å². The van der Waals surface area contributed by atoms with Crippen LogP contribution in [0.15, 0.2) is 59.5 Å². The van der Waals surface area contributed by atoms with Crippen LogP contribution >= 0.6 is 0 Å². The third kappa shape index (κ3) is 7.63. The molecule has 0 fully saturated rings. The lowest BCUT2D eigenvalue weighted by molar-refractivity contribution is -0.138. The van der Waals surface area contributed by atoms with Crippen LogP contribution in [0.2, 0.25) is 0 Å². The van der Waals surface area contributed by atoms with Crippen molar-refractivity contribution in [3.05, 3.63) is 60.2 Å². The number of nitrogens with zero attached hydrogens (tertiary/aromatic N) is 1. The van der Waals surface area contributed by atoms with E-state index in [-0.39, 0.29) is 4.90 Å². The van der Waals surface area contributed by atoms with E-state index in [2.05, 4.69) is 28.8 Å². The Hall–Kier alpha value is -2.95. The molecule has 0 aliphatic carbocycles. The largest absolute Gasteiger partial charge is 0.492 e. The average Bonchev–Trinajstić information content (AvgIpc) is 2.80. The smallest absolute Gasteiger partial charge is 0.323 e. The van der Waals surface area contributed by atoms with E-state index in [1.54, 1.807) is 30.3 Å². The molecule has 0 spiro atoms. The van der Waals surface area contributed by atoms with Gasteiger partial charge in [0.2, 0.25) is 10.0 Å². The number of carboxylic acids is 1. The molecule has 174 valence electrons. The fourth-order valence-electron chi connectivity index (χ4n) is 2.87. The highest BCUT2D eigenvalue weighted by atomic mass is 32.2. The molecule has 1 amide bonds. The molecule has 9 nitrogen and oxygen atoms in total. The van der Waals surface area contributed by atoms with Gasteiger partial charge >= 0.3 is 5.97 Å². The Bertz CT molecular complexity index is 976. The number of hydrogen-bond acceptors (Lipinski definition) is 6. The van der Waals surface area contributed by atoms with Crippen molar-refractivity contribution in [2.45, 2.75) is 24.8 Å². The molecule has 3 N–H and O–H groups in total. The van der Waals surface area contributed by atoms with Crippen LogP contribution in [0.25, 0.3) is 0 Å². The third-order valence-corrected chi connectivity index (χ3v) is 6.29. The predicted molar refractivity (Wildman–Crippen MR) is 120 cm³/mol. The zero-order valence-corrected chi connectivity index (χ0v) is 19.0. The number of benzene rings is 2. The normalized spacial score (nSPS) is 12.3. The second kappa shape index (κ2) is 12.2. The average molecular weight is 464 g/mol. The number of hydrogen-bond donors (Lipinski definition) is 3. The predicted octanol–water partition coefficient (Wildman–Crippen LogP) is 1.57. The van der Waals surface area contributed by atoms with Crippen LogP contribution in [-0.2, 0) is 14.8 Å². The number of likely N-dealkylation sites (N-methyl/N-ethyl adjacent to an activating group) is 1. The molecule has 2 aromatic rings. The van der Waals surface area contributed by atoms with Gasteiger partial charge in [0.1, 0.15) is 18.4 Å². The minimum atomic E-state index is -4.04. The number of rotatable bonds is 13. The number of carbonyl (C=O) groups is 2. The van der Waals surface area contributed by atoms with Crippen molar-refractivity contribution >= 4 is 21.9 Å². The van der Waals surface area contributed by atoms with Crippen LogP contribution in [0.1, 0.15) is 24.2 Å². The lowest BCUT2D eigenvalue weighted by Gasteiger charge is -2.18. The van der Waals surface area contributed by atoms with Gasteiger partial charge in [0.25, 0.3) is 5.91 Å². The van der Waals surface area contributed by atoms with Crippen molar-refractivity contribution in [3.8, 4) is 5.75 Å². The lowest BCUT2D eigenvalue weighted by Crippen LogP contribution is -2.48. The summed E-state index contributed by atoms with van der Waals surface area (Å²) in [5.74, 6) is -1.31. The molecule has 0 heterocycles. The van der Waals surface area contributed by atoms with Gasteiger partial charge in [-0.15, -0.1) is 0 Å². The molecule has 0 unspecified atom stereocenters. The van der Waals surface area contributed by atoms with Gasteiger partial charge in [-0.2, -0.15) is 4.72 Å². The number of carbonyl (C=O) groups excluding carboxylic acids is 1. The Morgan fingerprint density at radius 1 is 1.03 bits per heavy atom. The number of nitrogens with one attached hydrogen (secondary N) is 2. The highest BCUT2D eigenvalue weighted by molar-refractivity contribution is 7.89. The summed E-state index contributed by atoms with van der Waals surface area (Å²) in [6.07, 6.45) is 0. The molecule has 0 saturated carbocycles. The Balaban J connectivity index is 1.91. The van der Waals surface area contributed by atoms with Gasteiger partial charge in [0, 0.05) is 18.7 Å². The standard InChI is InChI=1S/C22H29N3O6S/c1-3-25(4-2)14-15-31-18-12-10-17(11-13-18)21(26)23-16-20(22(27)28)24-32(29,30)19-8-6-5-7-9-19/h5-13,20,24H,3-4,14-16H2,1-2H3,(H,23,26)(H,27,28)/t20-/m0/s1. The van der Waals surface area contributed by atoms with Crippen molar-refractivity contribution in [2.75, 3.05) is 32.8 Å². The van der Waals surface area contributed by atoms with Crippen LogP contribution in [-0.4, -0.2) is 69.1 Å². The van der Waals surface area contributed by atoms with Gasteiger partial charge in [0.15, 0.2) is 0 Å². The minimum absolute atomic E-state index is 0.0610. The summed E-state index contributed by atoms with van der Waals surface area (Å²) in [5, 5.41) is 11.8. The van der Waals surface area contributed by atoms with Gasteiger partial charge in [-0.25, -0.2) is 8.42 Å². The summed E-state index contributed by atoms with van der Waals surface area (Å²) in [7, 11) is -4.04. The van der Waals surface area contributed by atoms with Gasteiger partial charge in [-0.05, 0) is 49.5 Å². The van der Waals surface area contributed by atoms with E-state index < -0.39 is 34.5 Å². The molecule has 0 radical (unpaired) electrons. The SMILES string of the molecule is CCN(CC)CCOc1ccc(C(=O)NC[C@H](NS(=O)(=O)c2ccccc2)C(=O)O)cc1. The van der Waals surface area contributed by atoms with E-state index >= 15 is 0 Å². The molecule has 2 aromatic carbocycles.